The lowest BCUT2D eigenvalue weighted by Gasteiger charge is -1.93. The van der Waals surface area contributed by atoms with Crippen molar-refractivity contribution in [2.75, 3.05) is 0 Å². The molecule has 0 bridgehead atoms. The van der Waals surface area contributed by atoms with Crippen LogP contribution in [0.2, 0.25) is 26.3 Å². The summed E-state index contributed by atoms with van der Waals surface area (Å²) in [4.78, 5) is 0. The highest BCUT2D eigenvalue weighted by Gasteiger charge is 1.94. The zero-order valence-corrected chi connectivity index (χ0v) is 7.46. The van der Waals surface area contributed by atoms with Crippen molar-refractivity contribution in [2.45, 2.75) is 40.1 Å². The second-order valence-corrected chi connectivity index (χ2v) is 2.55. The molecule has 0 aromatic heterocycles. The van der Waals surface area contributed by atoms with E-state index in [0.717, 1.165) is 6.71 Å². The van der Waals surface area contributed by atoms with Gasteiger partial charge in [-0.25, -0.2) is 0 Å². The van der Waals surface area contributed by atoms with E-state index >= 15 is 0 Å². The summed E-state index contributed by atoms with van der Waals surface area (Å²) in [5.74, 6) is 0. The summed E-state index contributed by atoms with van der Waals surface area (Å²) in [6.07, 6.45) is 2.66. The van der Waals surface area contributed by atoms with Crippen molar-refractivity contribution >= 4 is 13.8 Å². The lowest BCUT2D eigenvalue weighted by atomic mass is 9.48. The minimum atomic E-state index is -1.17. The van der Waals surface area contributed by atoms with Crippen LogP contribution in [0.15, 0.2) is 0 Å². The van der Waals surface area contributed by atoms with Gasteiger partial charge in [-0.3, -0.25) is 0 Å². The zero-order valence-electron chi connectivity index (χ0n) is 7.46. The fraction of sp³-hybridized carbons (Fsp3) is 1.00. The first kappa shape index (κ1) is 12.7. The Balaban J connectivity index is 0. The van der Waals surface area contributed by atoms with Crippen LogP contribution in [0.5, 0.6) is 0 Å². The van der Waals surface area contributed by atoms with Gasteiger partial charge >= 0.3 is 7.12 Å². The third-order valence-electron chi connectivity index (χ3n) is 1.39. The number of hydrogen-bond donors (Lipinski definition) is 2. The van der Waals surface area contributed by atoms with Crippen molar-refractivity contribution in [3.63, 3.8) is 0 Å². The normalized spacial score (nSPS) is 7.80. The van der Waals surface area contributed by atoms with Crippen molar-refractivity contribution in [3.05, 3.63) is 0 Å². The van der Waals surface area contributed by atoms with Gasteiger partial charge in [0.25, 0.3) is 0 Å². The summed E-state index contributed by atoms with van der Waals surface area (Å²) in [7, 11) is -1.17. The molecule has 0 aliphatic heterocycles. The quantitative estimate of drug-likeness (QED) is 0.572. The molecule has 2 nitrogen and oxygen atoms in total. The van der Waals surface area contributed by atoms with Gasteiger partial charge in [-0.1, -0.05) is 33.3 Å². The molecule has 0 aliphatic carbocycles. The molecule has 0 unspecified atom stereocenters. The highest BCUT2D eigenvalue weighted by molar-refractivity contribution is 6.56. The van der Waals surface area contributed by atoms with Crippen molar-refractivity contribution in [3.8, 4) is 0 Å². The Bertz CT molecular complexity index is 53.0. The molecule has 10 heavy (non-hydrogen) atoms. The fourth-order valence-corrected chi connectivity index (χ4v) is 0.289. The molecular weight excluding hydrogens is 126 g/mol. The molecule has 0 aromatic carbocycles. The van der Waals surface area contributed by atoms with Gasteiger partial charge in [0.1, 0.15) is 6.71 Å². The molecule has 2 N–H and O–H groups in total. The van der Waals surface area contributed by atoms with E-state index in [2.05, 4.69) is 20.7 Å². The summed E-state index contributed by atoms with van der Waals surface area (Å²) in [6.45, 7) is 8.95. The highest BCUT2D eigenvalue weighted by atomic mass is 16.4. The zero-order chi connectivity index (χ0) is 8.57. The van der Waals surface area contributed by atoms with Crippen LogP contribution in [0, 0.1) is 0 Å². The molecule has 0 spiro atoms. The van der Waals surface area contributed by atoms with E-state index < -0.39 is 7.12 Å². The van der Waals surface area contributed by atoms with Crippen molar-refractivity contribution < 1.29 is 10.0 Å². The Hall–Kier alpha value is 0.0499. The maximum atomic E-state index is 7.61. The van der Waals surface area contributed by atoms with Crippen LogP contribution in [-0.2, 0) is 0 Å². The minimum Gasteiger partial charge on any atom is -0.427 e. The summed E-state index contributed by atoms with van der Waals surface area (Å²) in [5, 5.41) is 15.2. The Morgan fingerprint density at radius 1 is 1.00 bits per heavy atom. The molecule has 0 saturated heterocycles. The number of rotatable bonds is 2. The second kappa shape index (κ2) is 9.05. The highest BCUT2D eigenvalue weighted by Crippen LogP contribution is 1.93. The lowest BCUT2D eigenvalue weighted by Crippen LogP contribution is -2.00. The Kier molecular flexibility index (Phi) is 11.5. The predicted octanol–water partition coefficient (Wildman–Crippen LogP) is 1.24. The third kappa shape index (κ3) is 24.4. The van der Waals surface area contributed by atoms with E-state index in [0.29, 0.717) is 0 Å². The smallest absolute Gasteiger partial charge is 0.427 e. The largest absolute Gasteiger partial charge is 0.448 e. The molecule has 0 heterocycles. The van der Waals surface area contributed by atoms with Crippen molar-refractivity contribution in [1.29, 1.82) is 0 Å². The molecule has 0 saturated carbocycles. The van der Waals surface area contributed by atoms with Crippen LogP contribution in [0.1, 0.15) is 13.8 Å². The molecule has 0 aliphatic rings. The summed E-state index contributed by atoms with van der Waals surface area (Å²) >= 11 is 0. The Morgan fingerprint density at radius 3 is 1.20 bits per heavy atom. The summed E-state index contributed by atoms with van der Waals surface area (Å²) in [5.41, 5.74) is 0. The Morgan fingerprint density at radius 2 is 1.20 bits per heavy atom. The first-order chi connectivity index (χ1) is 4.54. The molecule has 0 radical (unpaired) electrons. The topological polar surface area (TPSA) is 40.5 Å². The van der Waals surface area contributed by atoms with Crippen LogP contribution >= 0.6 is 0 Å². The van der Waals surface area contributed by atoms with E-state index in [4.69, 9.17) is 10.0 Å². The predicted molar refractivity (Wildman–Crippen MR) is 48.6 cm³/mol. The van der Waals surface area contributed by atoms with Gasteiger partial charge in [0.2, 0.25) is 0 Å². The standard InChI is InChI=1S/C5H13B.CH5BO2/c1-4-6(3)5-2;1-2(3)4/h4-5H2,1-3H3;3-4H,1H3. The van der Waals surface area contributed by atoms with Crippen LogP contribution in [0.4, 0.5) is 0 Å². The first-order valence-corrected chi connectivity index (χ1v) is 3.90. The van der Waals surface area contributed by atoms with Crippen LogP contribution in [0.3, 0.4) is 0 Å². The molecular formula is C6H18B2O2. The van der Waals surface area contributed by atoms with Gasteiger partial charge in [-0.15, -0.1) is 0 Å². The van der Waals surface area contributed by atoms with E-state index in [9.17, 15) is 0 Å². The van der Waals surface area contributed by atoms with Crippen LogP contribution in [-0.4, -0.2) is 23.9 Å². The van der Waals surface area contributed by atoms with Gasteiger partial charge in [0.15, 0.2) is 0 Å². The average molecular weight is 144 g/mol. The van der Waals surface area contributed by atoms with Crippen molar-refractivity contribution in [2.24, 2.45) is 0 Å². The summed E-state index contributed by atoms with van der Waals surface area (Å²) in [6, 6.07) is 0. The SMILES string of the molecule is CB(O)O.CCB(C)CC. The van der Waals surface area contributed by atoms with Gasteiger partial charge in [0, 0.05) is 0 Å². The van der Waals surface area contributed by atoms with E-state index in [-0.39, 0.29) is 0 Å². The van der Waals surface area contributed by atoms with Crippen LogP contribution < -0.4 is 0 Å². The molecule has 0 rings (SSSR count). The molecule has 0 fully saturated rings. The average Bonchev–Trinajstić information content (AvgIpc) is 1.85. The maximum Gasteiger partial charge on any atom is 0.448 e. The fourth-order valence-electron chi connectivity index (χ4n) is 0.289. The number of hydrogen-bond acceptors (Lipinski definition) is 2. The molecule has 0 atom stereocenters. The third-order valence-corrected chi connectivity index (χ3v) is 1.39. The van der Waals surface area contributed by atoms with Gasteiger partial charge in [-0.05, 0) is 6.82 Å². The molecule has 0 amide bonds. The Labute approximate surface area is 64.9 Å². The first-order valence-electron chi connectivity index (χ1n) is 3.90. The monoisotopic (exact) mass is 144 g/mol. The van der Waals surface area contributed by atoms with Gasteiger partial charge in [0.05, 0.1) is 0 Å². The minimum absolute atomic E-state index is 0.935. The molecule has 60 valence electrons. The van der Waals surface area contributed by atoms with E-state index in [1.165, 1.54) is 19.5 Å². The van der Waals surface area contributed by atoms with Crippen molar-refractivity contribution in [1.82, 2.24) is 0 Å². The maximum absolute atomic E-state index is 7.61. The summed E-state index contributed by atoms with van der Waals surface area (Å²) < 4.78 is 0. The lowest BCUT2D eigenvalue weighted by molar-refractivity contribution is 0.417. The van der Waals surface area contributed by atoms with E-state index in [1.54, 1.807) is 0 Å². The second-order valence-electron chi connectivity index (χ2n) is 2.55. The van der Waals surface area contributed by atoms with Gasteiger partial charge < -0.3 is 10.0 Å². The molecule has 0 aromatic rings. The molecule has 4 heteroatoms. The van der Waals surface area contributed by atoms with E-state index in [1.807, 2.05) is 0 Å². The van der Waals surface area contributed by atoms with Crippen LogP contribution in [0.25, 0.3) is 0 Å². The van der Waals surface area contributed by atoms with Gasteiger partial charge in [-0.2, -0.15) is 0 Å².